The Morgan fingerprint density at radius 3 is 2.57 bits per heavy atom. The number of likely N-dealkylation sites (N-methyl/N-ethyl adjacent to an activating group) is 1. The molecule has 0 aromatic heterocycles. The lowest BCUT2D eigenvalue weighted by atomic mass is 10.2. The first-order valence-corrected chi connectivity index (χ1v) is 9.25. The molecule has 0 aliphatic carbocycles. The van der Waals surface area contributed by atoms with Gasteiger partial charge in [-0.25, -0.2) is 0 Å². The summed E-state index contributed by atoms with van der Waals surface area (Å²) >= 11 is 0. The molecule has 0 bridgehead atoms. The average Bonchev–Trinajstić information content (AvgIpc) is 3.06. The molecule has 0 saturated carbocycles. The minimum absolute atomic E-state index is 0.733. The molecule has 1 unspecified atom stereocenters. The summed E-state index contributed by atoms with van der Waals surface area (Å²) in [5.74, 6) is 0. The molecule has 3 nitrogen and oxygen atoms in total. The van der Waals surface area contributed by atoms with Crippen LogP contribution in [0.25, 0.3) is 0 Å². The van der Waals surface area contributed by atoms with Gasteiger partial charge in [-0.1, -0.05) is 44.2 Å². The number of ether oxygens (including phenoxy) is 1. The van der Waals surface area contributed by atoms with Crippen LogP contribution in [0.1, 0.15) is 45.1 Å². The molecule has 2 rings (SSSR count). The van der Waals surface area contributed by atoms with E-state index in [2.05, 4.69) is 47.2 Å². The van der Waals surface area contributed by atoms with Gasteiger partial charge in [-0.2, -0.15) is 0 Å². The predicted molar refractivity (Wildman–Crippen MR) is 99.8 cm³/mol. The molecule has 1 aromatic carbocycles. The Morgan fingerprint density at radius 1 is 1.13 bits per heavy atom. The van der Waals surface area contributed by atoms with E-state index in [4.69, 9.17) is 4.74 Å². The number of hydrogen-bond acceptors (Lipinski definition) is 3. The lowest BCUT2D eigenvalue weighted by Gasteiger charge is -2.24. The highest BCUT2D eigenvalue weighted by Gasteiger charge is 2.25. The first-order chi connectivity index (χ1) is 11.3. The molecule has 1 atom stereocenters. The van der Waals surface area contributed by atoms with Crippen LogP contribution in [0.15, 0.2) is 30.3 Å². The van der Waals surface area contributed by atoms with Gasteiger partial charge in [0.05, 0.1) is 0 Å². The molecule has 1 aliphatic heterocycles. The van der Waals surface area contributed by atoms with E-state index >= 15 is 0 Å². The second kappa shape index (κ2) is 12.5. The largest absolute Gasteiger partial charge is 0.385 e. The minimum atomic E-state index is 0.733. The topological polar surface area (TPSA) is 15.7 Å². The van der Waals surface area contributed by atoms with Crippen LogP contribution in [0, 0.1) is 0 Å². The van der Waals surface area contributed by atoms with Gasteiger partial charge in [0.2, 0.25) is 0 Å². The van der Waals surface area contributed by atoms with Gasteiger partial charge in [0.15, 0.2) is 0 Å². The van der Waals surface area contributed by atoms with Gasteiger partial charge in [-0.15, -0.1) is 0 Å². The van der Waals surface area contributed by atoms with Gasteiger partial charge in [-0.3, -0.25) is 4.90 Å². The fraction of sp³-hybridized carbons (Fsp3) is 0.700. The first-order valence-electron chi connectivity index (χ1n) is 9.25. The standard InChI is InChI=1S/C18H30N2O.C2H6/c1-19(12-7-4-8-14-21-2)18-11-13-20(16-18)15-17-9-5-3-6-10-17;1-2/h3,5-6,9-10,18H,4,7-8,11-16H2,1-2H3;1-2H3. The highest BCUT2D eigenvalue weighted by molar-refractivity contribution is 5.14. The summed E-state index contributed by atoms with van der Waals surface area (Å²) in [7, 11) is 4.07. The van der Waals surface area contributed by atoms with Crippen molar-refractivity contribution in [2.45, 2.75) is 52.1 Å². The molecule has 0 amide bonds. The van der Waals surface area contributed by atoms with Crippen molar-refractivity contribution in [3.05, 3.63) is 35.9 Å². The molecular formula is C20H36N2O. The lowest BCUT2D eigenvalue weighted by molar-refractivity contribution is 0.186. The Bertz CT molecular complexity index is 382. The fourth-order valence-corrected chi connectivity index (χ4v) is 3.12. The Balaban J connectivity index is 0.00000127. The van der Waals surface area contributed by atoms with Crippen molar-refractivity contribution in [2.75, 3.05) is 40.4 Å². The van der Waals surface area contributed by atoms with E-state index in [9.17, 15) is 0 Å². The zero-order valence-corrected chi connectivity index (χ0v) is 15.6. The van der Waals surface area contributed by atoms with Gasteiger partial charge >= 0.3 is 0 Å². The van der Waals surface area contributed by atoms with Crippen LogP contribution >= 0.6 is 0 Å². The summed E-state index contributed by atoms with van der Waals surface area (Å²) in [6.07, 6.45) is 5.06. The summed E-state index contributed by atoms with van der Waals surface area (Å²) in [6.45, 7) is 9.65. The second-order valence-corrected chi connectivity index (χ2v) is 6.20. The highest BCUT2D eigenvalue weighted by atomic mass is 16.5. The van der Waals surface area contributed by atoms with E-state index in [1.165, 1.54) is 50.9 Å². The SMILES string of the molecule is CC.COCCCCCN(C)C1CCN(Cc2ccccc2)C1. The average molecular weight is 321 g/mol. The monoisotopic (exact) mass is 320 g/mol. The quantitative estimate of drug-likeness (QED) is 0.639. The van der Waals surface area contributed by atoms with Crippen molar-refractivity contribution < 1.29 is 4.74 Å². The van der Waals surface area contributed by atoms with Gasteiger partial charge in [-0.05, 0) is 44.8 Å². The molecule has 3 heteroatoms. The third-order valence-electron chi connectivity index (χ3n) is 4.48. The number of likely N-dealkylation sites (tertiary alicyclic amines) is 1. The molecular weight excluding hydrogens is 284 g/mol. The van der Waals surface area contributed by atoms with Crippen LogP contribution in [0.3, 0.4) is 0 Å². The Labute approximate surface area is 143 Å². The fourth-order valence-electron chi connectivity index (χ4n) is 3.12. The summed E-state index contributed by atoms with van der Waals surface area (Å²) in [5.41, 5.74) is 1.43. The molecule has 1 aromatic rings. The molecule has 0 spiro atoms. The van der Waals surface area contributed by atoms with E-state index in [0.29, 0.717) is 0 Å². The number of methoxy groups -OCH3 is 1. The van der Waals surface area contributed by atoms with Crippen LogP contribution in [0.2, 0.25) is 0 Å². The van der Waals surface area contributed by atoms with Gasteiger partial charge in [0, 0.05) is 39.4 Å². The molecule has 1 saturated heterocycles. The molecule has 1 aliphatic rings. The summed E-state index contributed by atoms with van der Waals surface area (Å²) in [4.78, 5) is 5.14. The summed E-state index contributed by atoms with van der Waals surface area (Å²) < 4.78 is 5.10. The number of rotatable bonds is 9. The number of unbranched alkanes of at least 4 members (excludes halogenated alkanes) is 2. The van der Waals surface area contributed by atoms with Crippen LogP contribution in [-0.4, -0.2) is 56.2 Å². The molecule has 0 radical (unpaired) electrons. The molecule has 1 fully saturated rings. The number of benzene rings is 1. The highest BCUT2D eigenvalue weighted by Crippen LogP contribution is 2.17. The molecule has 0 N–H and O–H groups in total. The van der Waals surface area contributed by atoms with Gasteiger partial charge < -0.3 is 9.64 Å². The third-order valence-corrected chi connectivity index (χ3v) is 4.48. The zero-order chi connectivity index (χ0) is 16.9. The van der Waals surface area contributed by atoms with E-state index < -0.39 is 0 Å². The normalized spacial score (nSPS) is 18.0. The van der Waals surface area contributed by atoms with Crippen molar-refractivity contribution in [1.82, 2.24) is 9.80 Å². The van der Waals surface area contributed by atoms with E-state index in [1.54, 1.807) is 7.11 Å². The van der Waals surface area contributed by atoms with Crippen LogP contribution in [0.5, 0.6) is 0 Å². The van der Waals surface area contributed by atoms with Crippen LogP contribution in [0.4, 0.5) is 0 Å². The Kier molecular flexibility index (Phi) is 11.0. The Morgan fingerprint density at radius 2 is 1.87 bits per heavy atom. The van der Waals surface area contributed by atoms with Gasteiger partial charge in [0.25, 0.3) is 0 Å². The van der Waals surface area contributed by atoms with Crippen molar-refractivity contribution in [2.24, 2.45) is 0 Å². The summed E-state index contributed by atoms with van der Waals surface area (Å²) in [6, 6.07) is 11.5. The van der Waals surface area contributed by atoms with Gasteiger partial charge in [0.1, 0.15) is 0 Å². The van der Waals surface area contributed by atoms with Crippen molar-refractivity contribution in [1.29, 1.82) is 0 Å². The maximum atomic E-state index is 5.10. The third kappa shape index (κ3) is 7.96. The molecule has 132 valence electrons. The number of hydrogen-bond donors (Lipinski definition) is 0. The minimum Gasteiger partial charge on any atom is -0.385 e. The lowest BCUT2D eigenvalue weighted by Crippen LogP contribution is -2.35. The maximum Gasteiger partial charge on any atom is 0.0462 e. The summed E-state index contributed by atoms with van der Waals surface area (Å²) in [5, 5.41) is 0. The van der Waals surface area contributed by atoms with E-state index in [-0.39, 0.29) is 0 Å². The zero-order valence-electron chi connectivity index (χ0n) is 15.6. The molecule has 1 heterocycles. The van der Waals surface area contributed by atoms with Crippen molar-refractivity contribution in [3.63, 3.8) is 0 Å². The maximum absolute atomic E-state index is 5.10. The number of nitrogens with zero attached hydrogens (tertiary/aromatic N) is 2. The molecule has 23 heavy (non-hydrogen) atoms. The van der Waals surface area contributed by atoms with E-state index in [1.807, 2.05) is 13.8 Å². The van der Waals surface area contributed by atoms with Crippen LogP contribution in [-0.2, 0) is 11.3 Å². The predicted octanol–water partition coefficient (Wildman–Crippen LogP) is 4.04. The van der Waals surface area contributed by atoms with Crippen LogP contribution < -0.4 is 0 Å². The van der Waals surface area contributed by atoms with Crippen molar-refractivity contribution in [3.8, 4) is 0 Å². The van der Waals surface area contributed by atoms with Crippen molar-refractivity contribution >= 4 is 0 Å². The van der Waals surface area contributed by atoms with E-state index in [0.717, 1.165) is 19.2 Å². The second-order valence-electron chi connectivity index (χ2n) is 6.20. The smallest absolute Gasteiger partial charge is 0.0462 e. The first kappa shape index (κ1) is 20.1. The Hall–Kier alpha value is -0.900.